The van der Waals surface area contributed by atoms with E-state index in [9.17, 15) is 9.59 Å². The van der Waals surface area contributed by atoms with Gasteiger partial charge in [0.1, 0.15) is 0 Å². The summed E-state index contributed by atoms with van der Waals surface area (Å²) in [6.07, 6.45) is 0. The highest BCUT2D eigenvalue weighted by Gasteiger charge is 2.23. The predicted molar refractivity (Wildman–Crippen MR) is 70.7 cm³/mol. The average molecular weight is 268 g/mol. The highest BCUT2D eigenvalue weighted by Crippen LogP contribution is 2.41. The minimum Gasteiger partial charge on any atom is -0.294 e. The van der Waals surface area contributed by atoms with Crippen molar-refractivity contribution in [1.29, 1.82) is 0 Å². The van der Waals surface area contributed by atoms with Crippen LogP contribution in [-0.2, 0) is 4.79 Å². The summed E-state index contributed by atoms with van der Waals surface area (Å²) in [5.41, 5.74) is 0.308. The lowest BCUT2D eigenvalue weighted by atomic mass is 10.1. The van der Waals surface area contributed by atoms with Crippen molar-refractivity contribution in [3.63, 3.8) is 0 Å². The van der Waals surface area contributed by atoms with Crippen LogP contribution in [0, 0.1) is 0 Å². The van der Waals surface area contributed by atoms with Gasteiger partial charge < -0.3 is 0 Å². The Balaban J connectivity index is 2.38. The number of hydrogen-bond acceptors (Lipinski definition) is 5. The third-order valence-electron chi connectivity index (χ3n) is 1.93. The van der Waals surface area contributed by atoms with Crippen molar-refractivity contribution >= 4 is 46.4 Å². The lowest BCUT2D eigenvalue weighted by Crippen LogP contribution is -2.10. The summed E-state index contributed by atoms with van der Waals surface area (Å²) in [7, 11) is 0. The molecule has 0 fully saturated rings. The van der Waals surface area contributed by atoms with Crippen LogP contribution in [0.2, 0.25) is 0 Å². The van der Waals surface area contributed by atoms with E-state index in [2.05, 4.69) is 0 Å². The van der Waals surface area contributed by atoms with Gasteiger partial charge in [0.05, 0.1) is 14.7 Å². The second-order valence-electron chi connectivity index (χ2n) is 3.03. The number of carbonyl (C=O) groups is 2. The van der Waals surface area contributed by atoms with E-state index in [1.807, 2.05) is 22.3 Å². The molecule has 2 heterocycles. The van der Waals surface area contributed by atoms with Crippen LogP contribution in [0.15, 0.2) is 38.1 Å². The van der Waals surface area contributed by atoms with Gasteiger partial charge in [0.2, 0.25) is 5.78 Å². The Bertz CT molecular complexity index is 473. The highest BCUT2D eigenvalue weighted by atomic mass is 32.2. The number of ketones is 2. The topological polar surface area (TPSA) is 34.1 Å². The first kappa shape index (κ1) is 11.7. The van der Waals surface area contributed by atoms with Crippen molar-refractivity contribution < 1.29 is 9.59 Å². The van der Waals surface area contributed by atoms with Crippen molar-refractivity contribution in [3.05, 3.63) is 43.0 Å². The van der Waals surface area contributed by atoms with Gasteiger partial charge in [-0.2, -0.15) is 0 Å². The summed E-state index contributed by atoms with van der Waals surface area (Å²) < 4.78 is 0.783. The average Bonchev–Trinajstić information content (AvgIpc) is 2.89. The number of rotatable bonds is 3. The van der Waals surface area contributed by atoms with E-state index in [4.69, 9.17) is 0 Å². The van der Waals surface area contributed by atoms with E-state index in [1.54, 1.807) is 6.07 Å². The summed E-state index contributed by atoms with van der Waals surface area (Å²) in [5, 5.41) is 5.60. The lowest BCUT2D eigenvalue weighted by molar-refractivity contribution is -0.113. The molecule has 82 valence electrons. The van der Waals surface area contributed by atoms with Gasteiger partial charge in [-0.25, -0.2) is 0 Å². The number of thioether (sulfide) groups is 2. The molecule has 0 N–H and O–H groups in total. The SMILES string of the molecule is CC(=O)C(C(=O)c1cccs1)=C1SC=CS1. The quantitative estimate of drug-likeness (QED) is 0.362. The van der Waals surface area contributed by atoms with Gasteiger partial charge in [-0.05, 0) is 29.2 Å². The van der Waals surface area contributed by atoms with E-state index in [0.29, 0.717) is 10.5 Å². The van der Waals surface area contributed by atoms with Gasteiger partial charge in [-0.1, -0.05) is 29.6 Å². The number of carbonyl (C=O) groups excluding carboxylic acids is 2. The molecule has 5 heteroatoms. The van der Waals surface area contributed by atoms with Crippen molar-refractivity contribution in [1.82, 2.24) is 0 Å². The number of allylic oxidation sites excluding steroid dienone is 1. The molecule has 0 saturated carbocycles. The number of Topliss-reactive ketones (excluding diaryl/α,β-unsaturated/α-hetero) is 2. The molecule has 2 rings (SSSR count). The molecule has 0 radical (unpaired) electrons. The first-order valence-corrected chi connectivity index (χ1v) is 7.16. The standard InChI is InChI=1S/C11H8O2S3/c1-7(12)9(11-15-5-6-16-11)10(13)8-3-2-4-14-8/h2-6H,1H3. The summed E-state index contributed by atoms with van der Waals surface area (Å²) in [5.74, 6) is -0.335. The van der Waals surface area contributed by atoms with Crippen LogP contribution in [-0.4, -0.2) is 11.6 Å². The monoisotopic (exact) mass is 268 g/mol. The maximum Gasteiger partial charge on any atom is 0.208 e. The Labute approximate surface area is 106 Å². The second kappa shape index (κ2) is 5.03. The fourth-order valence-electron chi connectivity index (χ4n) is 1.25. The largest absolute Gasteiger partial charge is 0.294 e. The van der Waals surface area contributed by atoms with Crippen LogP contribution >= 0.6 is 34.9 Å². The zero-order valence-corrected chi connectivity index (χ0v) is 10.9. The molecular formula is C11H8O2S3. The number of thiophene rings is 1. The Morgan fingerprint density at radius 2 is 1.88 bits per heavy atom. The fourth-order valence-corrected chi connectivity index (χ4v) is 3.88. The Hall–Kier alpha value is -0.780. The Morgan fingerprint density at radius 1 is 1.19 bits per heavy atom. The van der Waals surface area contributed by atoms with E-state index in [-0.39, 0.29) is 11.6 Å². The van der Waals surface area contributed by atoms with Crippen molar-refractivity contribution in [2.45, 2.75) is 6.92 Å². The van der Waals surface area contributed by atoms with Gasteiger partial charge in [0.15, 0.2) is 5.78 Å². The molecule has 0 aromatic carbocycles. The normalized spacial score (nSPS) is 14.2. The molecule has 0 spiro atoms. The number of hydrogen-bond donors (Lipinski definition) is 0. The van der Waals surface area contributed by atoms with E-state index >= 15 is 0 Å². The van der Waals surface area contributed by atoms with Gasteiger partial charge in [-0.15, -0.1) is 11.3 Å². The smallest absolute Gasteiger partial charge is 0.208 e. The van der Waals surface area contributed by atoms with Gasteiger partial charge in [-0.3, -0.25) is 9.59 Å². The highest BCUT2D eigenvalue weighted by molar-refractivity contribution is 8.27. The molecule has 16 heavy (non-hydrogen) atoms. The maximum atomic E-state index is 12.1. The molecule has 0 amide bonds. The van der Waals surface area contributed by atoms with Crippen LogP contribution < -0.4 is 0 Å². The molecule has 0 bridgehead atoms. The lowest BCUT2D eigenvalue weighted by Gasteiger charge is -2.04. The molecule has 0 aliphatic carbocycles. The van der Waals surface area contributed by atoms with Gasteiger partial charge in [0, 0.05) is 0 Å². The van der Waals surface area contributed by atoms with Crippen molar-refractivity contribution in [2.24, 2.45) is 0 Å². The zero-order chi connectivity index (χ0) is 11.5. The summed E-state index contributed by atoms with van der Waals surface area (Å²) in [6.45, 7) is 1.44. The molecule has 0 saturated heterocycles. The molecule has 0 unspecified atom stereocenters. The third-order valence-corrected chi connectivity index (χ3v) is 4.93. The molecule has 0 atom stereocenters. The Kier molecular flexibility index (Phi) is 3.68. The Morgan fingerprint density at radius 3 is 2.38 bits per heavy atom. The first-order chi connectivity index (χ1) is 7.70. The van der Waals surface area contributed by atoms with Crippen LogP contribution in [0.3, 0.4) is 0 Å². The molecule has 1 aromatic heterocycles. The van der Waals surface area contributed by atoms with E-state index in [1.165, 1.54) is 41.8 Å². The summed E-state index contributed by atoms with van der Waals surface area (Å²) in [4.78, 5) is 24.3. The summed E-state index contributed by atoms with van der Waals surface area (Å²) in [6, 6.07) is 3.56. The third kappa shape index (κ3) is 2.31. The van der Waals surface area contributed by atoms with E-state index in [0.717, 1.165) is 4.24 Å². The molecule has 1 aliphatic heterocycles. The molecule has 1 aliphatic rings. The van der Waals surface area contributed by atoms with Crippen molar-refractivity contribution in [3.8, 4) is 0 Å². The minimum atomic E-state index is -0.169. The minimum absolute atomic E-state index is 0.166. The summed E-state index contributed by atoms with van der Waals surface area (Å²) >= 11 is 4.22. The van der Waals surface area contributed by atoms with Crippen LogP contribution in [0.1, 0.15) is 16.6 Å². The first-order valence-electron chi connectivity index (χ1n) is 4.52. The van der Waals surface area contributed by atoms with Crippen LogP contribution in [0.4, 0.5) is 0 Å². The van der Waals surface area contributed by atoms with Crippen molar-refractivity contribution in [2.75, 3.05) is 0 Å². The van der Waals surface area contributed by atoms with Crippen LogP contribution in [0.5, 0.6) is 0 Å². The molecule has 2 nitrogen and oxygen atoms in total. The predicted octanol–water partition coefficient (Wildman–Crippen LogP) is 3.68. The van der Waals surface area contributed by atoms with E-state index < -0.39 is 0 Å². The zero-order valence-electron chi connectivity index (χ0n) is 8.43. The molecule has 1 aromatic rings. The van der Waals surface area contributed by atoms with Crippen LogP contribution in [0.25, 0.3) is 0 Å². The van der Waals surface area contributed by atoms with Gasteiger partial charge >= 0.3 is 0 Å². The second-order valence-corrected chi connectivity index (χ2v) is 6.07. The van der Waals surface area contributed by atoms with Gasteiger partial charge in [0.25, 0.3) is 0 Å². The fraction of sp³-hybridized carbons (Fsp3) is 0.0909. The molecular weight excluding hydrogens is 260 g/mol. The maximum absolute atomic E-state index is 12.1.